The van der Waals surface area contributed by atoms with Crippen molar-refractivity contribution in [3.05, 3.63) is 70.9 Å². The maximum atomic E-state index is 8.90. The Bertz CT molecular complexity index is 749. The van der Waals surface area contributed by atoms with Gasteiger partial charge in [-0.05, 0) is 29.3 Å². The van der Waals surface area contributed by atoms with E-state index in [1.54, 1.807) is 0 Å². The molecule has 0 radical (unpaired) electrons. The number of rotatable bonds is 6. The number of para-hydroxylation sites is 1. The lowest BCUT2D eigenvalue weighted by molar-refractivity contribution is 0.292. The Morgan fingerprint density at radius 2 is 1.82 bits per heavy atom. The lowest BCUT2D eigenvalue weighted by atomic mass is 10.2. The quantitative estimate of drug-likeness (QED) is 0.684. The second-order valence-electron chi connectivity index (χ2n) is 5.33. The van der Waals surface area contributed by atoms with E-state index in [1.807, 2.05) is 12.1 Å². The molecule has 3 rings (SSSR count). The van der Waals surface area contributed by atoms with Gasteiger partial charge >= 0.3 is 0 Å². The maximum absolute atomic E-state index is 8.90. The third-order valence-electron chi connectivity index (χ3n) is 3.74. The largest absolute Gasteiger partial charge is 0.395 e. The minimum atomic E-state index is 0.156. The lowest BCUT2D eigenvalue weighted by Gasteiger charge is -2.05. The van der Waals surface area contributed by atoms with Gasteiger partial charge in [-0.25, -0.2) is 0 Å². The van der Waals surface area contributed by atoms with Gasteiger partial charge in [0.15, 0.2) is 0 Å². The van der Waals surface area contributed by atoms with Gasteiger partial charge in [-0.1, -0.05) is 41.9 Å². The number of halogens is 1. The van der Waals surface area contributed by atoms with Crippen LogP contribution in [-0.2, 0) is 13.1 Å². The van der Waals surface area contributed by atoms with Crippen LogP contribution < -0.4 is 5.32 Å². The highest BCUT2D eigenvalue weighted by Gasteiger charge is 2.08. The highest BCUT2D eigenvalue weighted by Crippen LogP contribution is 2.22. The van der Waals surface area contributed by atoms with Gasteiger partial charge in [-0.2, -0.15) is 0 Å². The SMILES string of the molecule is OCCNCc1cn(Cc2ccc(Cl)cc2)c2ccccc12. The van der Waals surface area contributed by atoms with E-state index in [2.05, 4.69) is 52.5 Å². The molecule has 2 N–H and O–H groups in total. The van der Waals surface area contributed by atoms with Gasteiger partial charge in [0.2, 0.25) is 0 Å². The van der Waals surface area contributed by atoms with Gasteiger partial charge < -0.3 is 15.0 Å². The molecule has 0 bridgehead atoms. The monoisotopic (exact) mass is 314 g/mol. The van der Waals surface area contributed by atoms with Crippen molar-refractivity contribution in [1.82, 2.24) is 9.88 Å². The summed E-state index contributed by atoms with van der Waals surface area (Å²) in [6, 6.07) is 16.4. The van der Waals surface area contributed by atoms with Crippen LogP contribution in [0.25, 0.3) is 10.9 Å². The molecule has 3 aromatic rings. The molecule has 0 fully saturated rings. The summed E-state index contributed by atoms with van der Waals surface area (Å²) in [7, 11) is 0. The molecule has 1 heterocycles. The van der Waals surface area contributed by atoms with E-state index in [4.69, 9.17) is 16.7 Å². The standard InChI is InChI=1S/C18H19ClN2O/c19-16-7-5-14(6-8-16)12-21-13-15(11-20-9-10-22)17-3-1-2-4-18(17)21/h1-8,13,20,22H,9-12H2. The summed E-state index contributed by atoms with van der Waals surface area (Å²) in [5, 5.41) is 14.2. The fourth-order valence-corrected chi connectivity index (χ4v) is 2.81. The first-order valence-electron chi connectivity index (χ1n) is 7.40. The first kappa shape index (κ1) is 15.1. The molecule has 4 heteroatoms. The number of hydrogen-bond acceptors (Lipinski definition) is 2. The maximum Gasteiger partial charge on any atom is 0.0556 e. The molecular weight excluding hydrogens is 296 g/mol. The summed E-state index contributed by atoms with van der Waals surface area (Å²) in [6.07, 6.45) is 2.18. The topological polar surface area (TPSA) is 37.2 Å². The van der Waals surface area contributed by atoms with Crippen LogP contribution in [0.3, 0.4) is 0 Å². The number of benzene rings is 2. The summed E-state index contributed by atoms with van der Waals surface area (Å²) in [5.74, 6) is 0. The average Bonchev–Trinajstić information content (AvgIpc) is 2.88. The normalized spacial score (nSPS) is 11.2. The molecule has 0 aliphatic heterocycles. The highest BCUT2D eigenvalue weighted by molar-refractivity contribution is 6.30. The van der Waals surface area contributed by atoms with Crippen molar-refractivity contribution in [2.24, 2.45) is 0 Å². The molecule has 0 saturated heterocycles. The molecule has 0 amide bonds. The van der Waals surface area contributed by atoms with E-state index in [-0.39, 0.29) is 6.61 Å². The van der Waals surface area contributed by atoms with Gasteiger partial charge in [0.05, 0.1) is 6.61 Å². The van der Waals surface area contributed by atoms with Crippen molar-refractivity contribution in [3.63, 3.8) is 0 Å². The van der Waals surface area contributed by atoms with E-state index < -0.39 is 0 Å². The van der Waals surface area contributed by atoms with Crippen LogP contribution in [0.1, 0.15) is 11.1 Å². The number of aromatic nitrogens is 1. The zero-order chi connectivity index (χ0) is 15.4. The summed E-state index contributed by atoms with van der Waals surface area (Å²) in [5.41, 5.74) is 3.69. The van der Waals surface area contributed by atoms with E-state index in [9.17, 15) is 0 Å². The second kappa shape index (κ2) is 6.97. The molecule has 0 unspecified atom stereocenters. The number of nitrogens with one attached hydrogen (secondary N) is 1. The zero-order valence-electron chi connectivity index (χ0n) is 12.3. The van der Waals surface area contributed by atoms with Crippen molar-refractivity contribution >= 4 is 22.5 Å². The van der Waals surface area contributed by atoms with Gasteiger partial charge in [0, 0.05) is 41.8 Å². The third-order valence-corrected chi connectivity index (χ3v) is 3.99. The van der Waals surface area contributed by atoms with Gasteiger partial charge in [-0.3, -0.25) is 0 Å². The van der Waals surface area contributed by atoms with Crippen LogP contribution >= 0.6 is 11.6 Å². The van der Waals surface area contributed by atoms with Crippen molar-refractivity contribution in [2.75, 3.05) is 13.2 Å². The first-order chi connectivity index (χ1) is 10.8. The smallest absolute Gasteiger partial charge is 0.0556 e. The van der Waals surface area contributed by atoms with Gasteiger partial charge in [0.25, 0.3) is 0 Å². The molecule has 0 aliphatic rings. The number of aliphatic hydroxyl groups is 1. The fraction of sp³-hybridized carbons (Fsp3) is 0.222. The van der Waals surface area contributed by atoms with Crippen LogP contribution in [0.5, 0.6) is 0 Å². The summed E-state index contributed by atoms with van der Waals surface area (Å²) in [4.78, 5) is 0. The minimum absolute atomic E-state index is 0.156. The van der Waals surface area contributed by atoms with E-state index in [0.29, 0.717) is 6.54 Å². The first-order valence-corrected chi connectivity index (χ1v) is 7.78. The number of nitrogens with zero attached hydrogens (tertiary/aromatic N) is 1. The third kappa shape index (κ3) is 3.33. The molecule has 0 atom stereocenters. The number of aliphatic hydroxyl groups excluding tert-OH is 1. The molecule has 0 saturated carbocycles. The van der Waals surface area contributed by atoms with Crippen LogP contribution in [-0.4, -0.2) is 22.8 Å². The predicted octanol–water partition coefficient (Wildman–Crippen LogP) is 3.42. The molecule has 2 aromatic carbocycles. The van der Waals surface area contributed by atoms with Crippen LogP contribution in [0.2, 0.25) is 5.02 Å². The summed E-state index contributed by atoms with van der Waals surface area (Å²) < 4.78 is 2.26. The van der Waals surface area contributed by atoms with Gasteiger partial charge in [0.1, 0.15) is 0 Å². The Morgan fingerprint density at radius 1 is 1.05 bits per heavy atom. The lowest BCUT2D eigenvalue weighted by Crippen LogP contribution is -2.17. The Morgan fingerprint density at radius 3 is 2.59 bits per heavy atom. The molecule has 0 aliphatic carbocycles. The highest BCUT2D eigenvalue weighted by atomic mass is 35.5. The van der Waals surface area contributed by atoms with Crippen LogP contribution in [0.15, 0.2) is 54.7 Å². The molecule has 1 aromatic heterocycles. The van der Waals surface area contributed by atoms with E-state index >= 15 is 0 Å². The average molecular weight is 315 g/mol. The predicted molar refractivity (Wildman–Crippen MR) is 91.3 cm³/mol. The minimum Gasteiger partial charge on any atom is -0.395 e. The summed E-state index contributed by atoms with van der Waals surface area (Å²) in [6.45, 7) is 2.34. The Labute approximate surface area is 135 Å². The second-order valence-corrected chi connectivity index (χ2v) is 5.76. The Hall–Kier alpha value is -1.81. The molecule has 114 valence electrons. The van der Waals surface area contributed by atoms with Crippen molar-refractivity contribution in [1.29, 1.82) is 0 Å². The Balaban J connectivity index is 1.90. The van der Waals surface area contributed by atoms with Crippen LogP contribution in [0, 0.1) is 0 Å². The van der Waals surface area contributed by atoms with Crippen LogP contribution in [0.4, 0.5) is 0 Å². The number of fused-ring (bicyclic) bond motifs is 1. The zero-order valence-corrected chi connectivity index (χ0v) is 13.1. The fourth-order valence-electron chi connectivity index (χ4n) is 2.68. The molecule has 3 nitrogen and oxygen atoms in total. The molecular formula is C18H19ClN2O. The molecule has 0 spiro atoms. The number of hydrogen-bond donors (Lipinski definition) is 2. The molecule has 22 heavy (non-hydrogen) atoms. The van der Waals surface area contributed by atoms with Crippen molar-refractivity contribution in [3.8, 4) is 0 Å². The van der Waals surface area contributed by atoms with Gasteiger partial charge in [-0.15, -0.1) is 0 Å². The van der Waals surface area contributed by atoms with Crippen molar-refractivity contribution < 1.29 is 5.11 Å². The summed E-state index contributed by atoms with van der Waals surface area (Å²) >= 11 is 5.95. The van der Waals surface area contributed by atoms with E-state index in [0.717, 1.165) is 18.1 Å². The van der Waals surface area contributed by atoms with Crippen molar-refractivity contribution in [2.45, 2.75) is 13.1 Å². The van der Waals surface area contributed by atoms with E-state index in [1.165, 1.54) is 22.0 Å². The Kier molecular flexibility index (Phi) is 4.78.